The summed E-state index contributed by atoms with van der Waals surface area (Å²) in [6.45, 7) is 5.88. The van der Waals surface area contributed by atoms with Gasteiger partial charge in [0.25, 0.3) is 0 Å². The molecule has 1 fully saturated rings. The van der Waals surface area contributed by atoms with Gasteiger partial charge in [0.1, 0.15) is 0 Å². The van der Waals surface area contributed by atoms with Gasteiger partial charge >= 0.3 is 0 Å². The lowest BCUT2D eigenvalue weighted by molar-refractivity contribution is 0.244. The van der Waals surface area contributed by atoms with E-state index < -0.39 is 10.0 Å². The lowest BCUT2D eigenvalue weighted by Crippen LogP contribution is -2.41. The Morgan fingerprint density at radius 1 is 1.35 bits per heavy atom. The molecule has 120 valence electrons. The largest absolute Gasteiger partial charge is 0.316 e. The molecule has 0 amide bonds. The molecule has 1 aliphatic heterocycles. The van der Waals surface area contributed by atoms with Gasteiger partial charge in [-0.05, 0) is 43.9 Å². The second-order valence-corrected chi connectivity index (χ2v) is 9.34. The third-order valence-electron chi connectivity index (χ3n) is 3.75. The minimum Gasteiger partial charge on any atom is -0.316 e. The Bertz CT molecular complexity index is 371. The van der Waals surface area contributed by atoms with Crippen molar-refractivity contribution in [1.82, 2.24) is 9.62 Å². The molecule has 4 nitrogen and oxygen atoms in total. The smallest absolute Gasteiger partial charge is 0.211 e. The molecule has 0 bridgehead atoms. The molecule has 1 saturated heterocycles. The number of nitrogens with zero attached hydrogens (tertiary/aromatic N) is 1. The molecular weight excluding hydrogens is 292 g/mol. The van der Waals surface area contributed by atoms with Crippen LogP contribution >= 0.6 is 11.8 Å². The molecule has 0 aromatic carbocycles. The van der Waals surface area contributed by atoms with Crippen LogP contribution in [0.3, 0.4) is 0 Å². The molecule has 0 radical (unpaired) electrons. The van der Waals surface area contributed by atoms with Gasteiger partial charge in [-0.2, -0.15) is 11.8 Å². The van der Waals surface area contributed by atoms with E-state index in [1.165, 1.54) is 12.0 Å². The van der Waals surface area contributed by atoms with Crippen LogP contribution < -0.4 is 5.32 Å². The van der Waals surface area contributed by atoms with Gasteiger partial charge in [0.2, 0.25) is 10.0 Å². The molecule has 1 N–H and O–H groups in total. The quantitative estimate of drug-likeness (QED) is 0.743. The maximum absolute atomic E-state index is 11.6. The van der Waals surface area contributed by atoms with Gasteiger partial charge in [0, 0.05) is 24.9 Å². The van der Waals surface area contributed by atoms with Gasteiger partial charge in [0.05, 0.1) is 6.26 Å². The Hall–Kier alpha value is 0.220. The first-order valence-corrected chi connectivity index (χ1v) is 10.5. The number of rotatable bonds is 8. The fourth-order valence-electron chi connectivity index (χ4n) is 2.64. The number of hydrogen-bond donors (Lipinski definition) is 1. The number of hydrogen-bond acceptors (Lipinski definition) is 4. The number of piperidine rings is 1. The van der Waals surface area contributed by atoms with Crippen molar-refractivity contribution >= 4 is 21.8 Å². The molecule has 0 spiro atoms. The highest BCUT2D eigenvalue weighted by Crippen LogP contribution is 2.24. The summed E-state index contributed by atoms with van der Waals surface area (Å²) in [6.07, 6.45) is 4.55. The minimum absolute atomic E-state index is 0.489. The summed E-state index contributed by atoms with van der Waals surface area (Å²) in [5, 5.41) is 3.39. The molecule has 0 saturated carbocycles. The Labute approximate surface area is 129 Å². The van der Waals surface area contributed by atoms with Gasteiger partial charge in [-0.25, -0.2) is 12.7 Å². The molecule has 2 unspecified atom stereocenters. The lowest BCUT2D eigenvalue weighted by atomic mass is 9.93. The van der Waals surface area contributed by atoms with E-state index in [-0.39, 0.29) is 0 Å². The highest BCUT2D eigenvalue weighted by Gasteiger charge is 2.27. The van der Waals surface area contributed by atoms with E-state index in [1.807, 2.05) is 18.8 Å². The fraction of sp³-hybridized carbons (Fsp3) is 1.00. The van der Waals surface area contributed by atoms with Gasteiger partial charge in [-0.3, -0.25) is 0 Å². The van der Waals surface area contributed by atoms with Crippen LogP contribution in [0.1, 0.15) is 33.1 Å². The summed E-state index contributed by atoms with van der Waals surface area (Å²) in [5.41, 5.74) is 0. The van der Waals surface area contributed by atoms with Gasteiger partial charge in [0.15, 0.2) is 0 Å². The second-order valence-electron chi connectivity index (χ2n) is 6.28. The summed E-state index contributed by atoms with van der Waals surface area (Å²) in [7, 11) is -1.01. The zero-order valence-electron chi connectivity index (χ0n) is 13.3. The zero-order valence-corrected chi connectivity index (χ0v) is 14.9. The second kappa shape index (κ2) is 8.61. The van der Waals surface area contributed by atoms with Gasteiger partial charge in [-0.1, -0.05) is 13.8 Å². The number of nitrogens with one attached hydrogen (secondary N) is 1. The Morgan fingerprint density at radius 2 is 2.05 bits per heavy atom. The molecule has 1 aliphatic rings. The first kappa shape index (κ1) is 18.3. The van der Waals surface area contributed by atoms with Crippen LogP contribution in [0.2, 0.25) is 0 Å². The van der Waals surface area contributed by atoms with Crippen molar-refractivity contribution in [1.29, 1.82) is 0 Å². The SMILES string of the molecule is CNC(CSCC(C)C)CC1CCCN(S(C)(=O)=O)C1. The van der Waals surface area contributed by atoms with Crippen molar-refractivity contribution < 1.29 is 8.42 Å². The predicted octanol–water partition coefficient (Wildman–Crippen LogP) is 2.03. The van der Waals surface area contributed by atoms with Crippen LogP contribution in [0.5, 0.6) is 0 Å². The normalized spacial score (nSPS) is 23.1. The van der Waals surface area contributed by atoms with E-state index in [2.05, 4.69) is 19.2 Å². The van der Waals surface area contributed by atoms with E-state index in [0.717, 1.165) is 30.9 Å². The highest BCUT2D eigenvalue weighted by molar-refractivity contribution is 7.99. The predicted molar refractivity (Wildman–Crippen MR) is 88.8 cm³/mol. The van der Waals surface area contributed by atoms with E-state index in [0.29, 0.717) is 25.0 Å². The van der Waals surface area contributed by atoms with Crippen LogP contribution in [0.15, 0.2) is 0 Å². The van der Waals surface area contributed by atoms with Crippen molar-refractivity contribution in [3.05, 3.63) is 0 Å². The molecule has 0 aromatic rings. The zero-order chi connectivity index (χ0) is 15.2. The van der Waals surface area contributed by atoms with Gasteiger partial charge in [-0.15, -0.1) is 0 Å². The molecule has 0 aliphatic carbocycles. The topological polar surface area (TPSA) is 49.4 Å². The van der Waals surface area contributed by atoms with Crippen LogP contribution in [0, 0.1) is 11.8 Å². The maximum Gasteiger partial charge on any atom is 0.211 e. The fourth-order valence-corrected chi connectivity index (χ4v) is 4.78. The summed E-state index contributed by atoms with van der Waals surface area (Å²) < 4.78 is 24.9. The standard InChI is InChI=1S/C14H30N2O2S2/c1-12(2)10-19-11-14(15-3)8-13-6-5-7-16(9-13)20(4,17)18/h12-15H,5-11H2,1-4H3. The van der Waals surface area contributed by atoms with Crippen molar-refractivity contribution in [2.75, 3.05) is 37.9 Å². The first-order valence-electron chi connectivity index (χ1n) is 7.53. The number of sulfonamides is 1. The minimum atomic E-state index is -3.02. The molecule has 2 atom stereocenters. The Morgan fingerprint density at radius 3 is 2.60 bits per heavy atom. The monoisotopic (exact) mass is 322 g/mol. The third-order valence-corrected chi connectivity index (χ3v) is 6.56. The summed E-state index contributed by atoms with van der Waals surface area (Å²) in [5.74, 6) is 3.53. The molecular formula is C14H30N2O2S2. The number of thioether (sulfide) groups is 1. The highest BCUT2D eigenvalue weighted by atomic mass is 32.2. The first-order chi connectivity index (χ1) is 9.32. The summed E-state index contributed by atoms with van der Waals surface area (Å²) >= 11 is 1.99. The van der Waals surface area contributed by atoms with E-state index in [4.69, 9.17) is 0 Å². The van der Waals surface area contributed by atoms with E-state index in [1.54, 1.807) is 4.31 Å². The van der Waals surface area contributed by atoms with Crippen molar-refractivity contribution in [2.24, 2.45) is 11.8 Å². The van der Waals surface area contributed by atoms with Crippen molar-refractivity contribution in [2.45, 2.75) is 39.2 Å². The maximum atomic E-state index is 11.6. The molecule has 1 rings (SSSR count). The Kier molecular flexibility index (Phi) is 7.87. The summed E-state index contributed by atoms with van der Waals surface area (Å²) in [4.78, 5) is 0. The lowest BCUT2D eigenvalue weighted by Gasteiger charge is -2.33. The van der Waals surface area contributed by atoms with Crippen LogP contribution in [-0.2, 0) is 10.0 Å². The van der Waals surface area contributed by atoms with Crippen LogP contribution in [0.4, 0.5) is 0 Å². The molecule has 0 aromatic heterocycles. The summed E-state index contributed by atoms with van der Waals surface area (Å²) in [6, 6.07) is 0.489. The third kappa shape index (κ3) is 6.78. The van der Waals surface area contributed by atoms with Crippen LogP contribution in [-0.4, -0.2) is 56.7 Å². The molecule has 6 heteroatoms. The average Bonchev–Trinajstić information content (AvgIpc) is 2.36. The Balaban J connectivity index is 2.40. The van der Waals surface area contributed by atoms with Crippen molar-refractivity contribution in [3.8, 4) is 0 Å². The van der Waals surface area contributed by atoms with Crippen molar-refractivity contribution in [3.63, 3.8) is 0 Å². The van der Waals surface area contributed by atoms with Crippen LogP contribution in [0.25, 0.3) is 0 Å². The van der Waals surface area contributed by atoms with E-state index >= 15 is 0 Å². The average molecular weight is 323 g/mol. The molecule has 20 heavy (non-hydrogen) atoms. The molecule has 1 heterocycles. The van der Waals surface area contributed by atoms with E-state index in [9.17, 15) is 8.42 Å². The van der Waals surface area contributed by atoms with Gasteiger partial charge < -0.3 is 5.32 Å².